The minimum Gasteiger partial charge on any atom is -0.483 e. The number of hydrogen-bond donors (Lipinski definition) is 13. The maximum Gasteiger partial charge on any atom is 0.290 e. The molecule has 4 fully saturated rings. The molecule has 0 bridgehead atoms. The molecule has 0 unspecified atom stereocenters. The first-order valence-corrected chi connectivity index (χ1v) is 37.3. The predicted octanol–water partition coefficient (Wildman–Crippen LogP) is 18.9. The molecule has 0 radical (unpaired) electrons. The van der Waals surface area contributed by atoms with Gasteiger partial charge in [-0.2, -0.15) is 0 Å². The van der Waals surface area contributed by atoms with Gasteiger partial charge in [-0.15, -0.1) is 0 Å². The normalized spacial score (nSPS) is 12.8. The third kappa shape index (κ3) is 38.4. The lowest BCUT2D eigenvalue weighted by Crippen LogP contribution is -2.17. The largest absolute Gasteiger partial charge is 0.483 e. The summed E-state index contributed by atoms with van der Waals surface area (Å²) < 4.78 is 0. The molecule has 22 nitrogen and oxygen atoms in total. The van der Waals surface area contributed by atoms with E-state index in [-0.39, 0.29) is 32.4 Å². The van der Waals surface area contributed by atoms with Crippen LogP contribution in [0.1, 0.15) is 175 Å². The van der Waals surface area contributed by atoms with E-state index in [2.05, 4.69) is 142 Å². The van der Waals surface area contributed by atoms with Crippen LogP contribution in [0.4, 0.5) is 46.0 Å². The Kier molecular flexibility index (Phi) is 43.4. The Morgan fingerprint density at radius 3 is 0.654 bits per heavy atom. The van der Waals surface area contributed by atoms with Gasteiger partial charge in [-0.1, -0.05) is 126 Å². The van der Waals surface area contributed by atoms with E-state index in [1.165, 1.54) is 95.9 Å². The Morgan fingerprint density at radius 2 is 0.505 bits per heavy atom. The first kappa shape index (κ1) is 90.4. The lowest BCUT2D eigenvalue weighted by atomic mass is 9.99. The van der Waals surface area contributed by atoms with Crippen LogP contribution in [-0.4, -0.2) is 104 Å². The fourth-order valence-corrected chi connectivity index (χ4v) is 11.6. The molecule has 26 heteroatoms. The highest BCUT2D eigenvalue weighted by atomic mass is 35.5. The zero-order valence-corrected chi connectivity index (χ0v) is 65.3. The van der Waals surface area contributed by atoms with Crippen molar-refractivity contribution in [3.63, 3.8) is 0 Å². The van der Waals surface area contributed by atoms with Crippen molar-refractivity contribution in [3.8, 4) is 0 Å². The molecule has 13 N–H and O–H groups in total. The van der Waals surface area contributed by atoms with Crippen molar-refractivity contribution in [2.45, 2.75) is 157 Å². The minimum absolute atomic E-state index is 0.250. The fraction of sp³-hybridized carbons (Fsp3) is 0.395. The van der Waals surface area contributed by atoms with Gasteiger partial charge < -0.3 is 68.1 Å². The summed E-state index contributed by atoms with van der Waals surface area (Å²) in [5.41, 5.74) is 14.3. The van der Waals surface area contributed by atoms with E-state index in [1.54, 1.807) is 0 Å². The maximum atomic E-state index is 8.36. The summed E-state index contributed by atoms with van der Waals surface area (Å²) in [4.78, 5) is 60.1. The molecule has 0 saturated heterocycles. The van der Waals surface area contributed by atoms with Gasteiger partial charge in [-0.3, -0.25) is 24.0 Å². The highest BCUT2D eigenvalue weighted by Gasteiger charge is 2.24. The van der Waals surface area contributed by atoms with Gasteiger partial charge in [-0.05, 0) is 266 Å². The smallest absolute Gasteiger partial charge is 0.290 e. The Bertz CT molecular complexity index is 3410. The topological polar surface area (TPSA) is 334 Å². The molecule has 4 saturated carbocycles. The van der Waals surface area contributed by atoms with Gasteiger partial charge >= 0.3 is 0 Å². The number of rotatable bonds is 28. The molecule has 578 valence electrons. The molecule has 107 heavy (non-hydrogen) atoms. The Labute approximate surface area is 650 Å². The SMILES string of the molecule is CC(C)c1cc(Nc2cccc(Cl)c2)ncc1CNCC1CC1.CC(C)c1cc(Nc2cccc(Cl)c2)ncc1CNCC1CC1.CC(C)c1cc(Nc2cccc(Cl)c2)ncc1CNCC1CC1.CC(C)c1cc(Nc2cccc(Cl)c2)ncc1CNCC1CC1.O=CO.O=CO.O=CO.O=CO.O=CO. The average molecular weight is 1550 g/mol. The van der Waals surface area contributed by atoms with Gasteiger partial charge in [0.1, 0.15) is 23.3 Å². The highest BCUT2D eigenvalue weighted by molar-refractivity contribution is 6.31. The van der Waals surface area contributed by atoms with Crippen LogP contribution in [0.5, 0.6) is 0 Å². The van der Waals surface area contributed by atoms with E-state index < -0.39 is 0 Å². The molecule has 0 atom stereocenters. The van der Waals surface area contributed by atoms with Gasteiger partial charge in [0.05, 0.1) is 0 Å². The summed E-state index contributed by atoms with van der Waals surface area (Å²) in [6.07, 6.45) is 19.0. The van der Waals surface area contributed by atoms with E-state index in [1.807, 2.05) is 122 Å². The monoisotopic (exact) mass is 1550 g/mol. The van der Waals surface area contributed by atoms with Crippen molar-refractivity contribution in [3.05, 3.63) is 211 Å². The second-order valence-corrected chi connectivity index (χ2v) is 28.8. The molecule has 4 aromatic heterocycles. The van der Waals surface area contributed by atoms with Gasteiger partial charge in [0.2, 0.25) is 0 Å². The second kappa shape index (κ2) is 51.3. The quantitative estimate of drug-likeness (QED) is 0.0203. The molecule has 8 aromatic rings. The van der Waals surface area contributed by atoms with Gasteiger partial charge in [0.15, 0.2) is 0 Å². The van der Waals surface area contributed by atoms with Crippen LogP contribution < -0.4 is 42.5 Å². The van der Waals surface area contributed by atoms with Crippen LogP contribution in [0.15, 0.2) is 146 Å². The van der Waals surface area contributed by atoms with Crippen molar-refractivity contribution in [2.24, 2.45) is 23.7 Å². The fourth-order valence-electron chi connectivity index (χ4n) is 10.8. The zero-order valence-electron chi connectivity index (χ0n) is 62.3. The number of nitrogens with one attached hydrogen (secondary N) is 8. The maximum absolute atomic E-state index is 8.36. The first-order valence-electron chi connectivity index (χ1n) is 35.8. The molecule has 4 aliphatic carbocycles. The van der Waals surface area contributed by atoms with Crippen LogP contribution in [0.3, 0.4) is 0 Å². The second-order valence-electron chi connectivity index (χ2n) is 27.1. The lowest BCUT2D eigenvalue weighted by molar-refractivity contribution is -0.123. The average Bonchev–Trinajstić information content (AvgIpc) is 1.31. The zero-order chi connectivity index (χ0) is 78.5. The Morgan fingerprint density at radius 1 is 0.327 bits per heavy atom. The van der Waals surface area contributed by atoms with E-state index in [9.17, 15) is 0 Å². The van der Waals surface area contributed by atoms with Gasteiger partial charge in [0.25, 0.3) is 32.4 Å². The number of nitrogens with zero attached hydrogens (tertiary/aromatic N) is 4. The summed E-state index contributed by atoms with van der Waals surface area (Å²) in [6, 6.07) is 39.4. The van der Waals surface area contributed by atoms with Crippen molar-refractivity contribution in [1.82, 2.24) is 41.2 Å². The number of carboxylic acid groups (broad SMARTS) is 5. The van der Waals surface area contributed by atoms with E-state index in [4.69, 9.17) is 95.9 Å². The van der Waals surface area contributed by atoms with Gasteiger partial charge in [-0.25, -0.2) is 19.9 Å². The molecule has 4 aliphatic rings. The van der Waals surface area contributed by atoms with Crippen molar-refractivity contribution in [2.75, 3.05) is 47.4 Å². The highest BCUT2D eigenvalue weighted by Crippen LogP contribution is 2.33. The third-order valence-corrected chi connectivity index (χ3v) is 17.7. The number of halogens is 4. The summed E-state index contributed by atoms with van der Waals surface area (Å²) >= 11 is 24.1. The van der Waals surface area contributed by atoms with Crippen LogP contribution in [0, 0.1) is 23.7 Å². The summed E-state index contributed by atoms with van der Waals surface area (Å²) in [7, 11) is 0. The van der Waals surface area contributed by atoms with Crippen molar-refractivity contribution in [1.29, 1.82) is 0 Å². The van der Waals surface area contributed by atoms with Crippen LogP contribution in [0.25, 0.3) is 0 Å². The van der Waals surface area contributed by atoms with Crippen LogP contribution in [0.2, 0.25) is 20.1 Å². The minimum atomic E-state index is -0.250. The van der Waals surface area contributed by atoms with Crippen molar-refractivity contribution < 1.29 is 49.5 Å². The first-order chi connectivity index (χ1) is 51.5. The number of hydrogen-bond acceptors (Lipinski definition) is 17. The van der Waals surface area contributed by atoms with Crippen LogP contribution >= 0.6 is 46.4 Å². The van der Waals surface area contributed by atoms with Crippen molar-refractivity contribution >= 4 is 125 Å². The molecule has 0 aliphatic heterocycles. The number of benzene rings is 4. The molecular formula is C81H106Cl4N12O10. The molecular weight excluding hydrogens is 1440 g/mol. The summed E-state index contributed by atoms with van der Waals surface area (Å²) in [5, 5.41) is 64.9. The standard InChI is InChI=1S/4C19H24ClN3.5CH2O2/c4*1-13(2)18-9-19(23-17-5-3-4-16(20)8-17)22-12-15(18)11-21-10-14-6-7-14;5*2-1-3/h4*3-5,8-9,12-14,21H,6-7,10-11H2,1-2H3,(H,22,23);5*1H,(H,2,3). The molecule has 4 aromatic carbocycles. The Balaban J connectivity index is 0.000000283. The number of pyridine rings is 4. The van der Waals surface area contributed by atoms with Crippen LogP contribution in [-0.2, 0) is 50.2 Å². The van der Waals surface area contributed by atoms with E-state index in [0.29, 0.717) is 23.7 Å². The molecule has 4 heterocycles. The lowest BCUT2D eigenvalue weighted by Gasteiger charge is -2.15. The summed E-state index contributed by atoms with van der Waals surface area (Å²) in [6.45, 7) is 24.6. The van der Waals surface area contributed by atoms with Gasteiger partial charge in [0, 0.05) is 93.8 Å². The molecule has 12 rings (SSSR count). The van der Waals surface area contributed by atoms with E-state index >= 15 is 0 Å². The number of carbonyl (C=O) groups is 5. The third-order valence-electron chi connectivity index (χ3n) is 16.7. The molecule has 0 spiro atoms. The summed E-state index contributed by atoms with van der Waals surface area (Å²) in [5.74, 6) is 8.91. The predicted molar refractivity (Wildman–Crippen MR) is 433 cm³/mol. The number of anilines is 8. The number of aromatic nitrogens is 4. The van der Waals surface area contributed by atoms with E-state index in [0.717, 1.165) is 142 Å². The Hall–Kier alpha value is -8.97. The molecule has 0 amide bonds.